The van der Waals surface area contributed by atoms with E-state index >= 15 is 0 Å². The predicted molar refractivity (Wildman–Crippen MR) is 83.0 cm³/mol. The van der Waals surface area contributed by atoms with Gasteiger partial charge in [0.05, 0.1) is 6.04 Å². The summed E-state index contributed by atoms with van der Waals surface area (Å²) in [5.41, 5.74) is 1.69. The number of carbonyl (C=O) groups excluding carboxylic acids is 1. The van der Waals surface area contributed by atoms with E-state index in [4.69, 9.17) is 4.42 Å². The molecule has 2 aromatic rings. The van der Waals surface area contributed by atoms with Gasteiger partial charge >= 0.3 is 6.03 Å². The number of halogens is 1. The van der Waals surface area contributed by atoms with Crippen molar-refractivity contribution in [3.05, 3.63) is 46.8 Å². The molecule has 2 rings (SSSR count). The second-order valence-electron chi connectivity index (χ2n) is 4.29. The highest BCUT2D eigenvalue weighted by molar-refractivity contribution is 9.10. The molecule has 1 unspecified atom stereocenters. The number of urea groups is 1. The number of carbonyl (C=O) groups is 1. The zero-order valence-electron chi connectivity index (χ0n) is 11.2. The summed E-state index contributed by atoms with van der Waals surface area (Å²) in [6.07, 6.45) is 0. The number of hydrogen-bond donors (Lipinski definition) is 3. The number of nitrogens with one attached hydrogen (secondary N) is 3. The third-order valence-corrected chi connectivity index (χ3v) is 3.20. The summed E-state index contributed by atoms with van der Waals surface area (Å²) in [5.74, 6) is 0.851. The van der Waals surface area contributed by atoms with E-state index in [-0.39, 0.29) is 12.1 Å². The van der Waals surface area contributed by atoms with Crippen LogP contribution >= 0.6 is 15.9 Å². The smallest absolute Gasteiger partial charge is 0.318 e. The van der Waals surface area contributed by atoms with Crippen molar-refractivity contribution in [3.8, 4) is 0 Å². The molecule has 0 aliphatic carbocycles. The Labute approximate surface area is 125 Å². The first-order valence-electron chi connectivity index (χ1n) is 6.19. The molecule has 0 aliphatic heterocycles. The van der Waals surface area contributed by atoms with Gasteiger partial charge in [0.1, 0.15) is 5.76 Å². The minimum Gasteiger partial charge on any atom is -0.452 e. The fourth-order valence-electron chi connectivity index (χ4n) is 1.73. The van der Waals surface area contributed by atoms with Crippen molar-refractivity contribution in [1.29, 1.82) is 0 Å². The number of hydrogen-bond acceptors (Lipinski definition) is 3. The Bertz CT molecular complexity index is 580. The van der Waals surface area contributed by atoms with Gasteiger partial charge in [-0.3, -0.25) is 0 Å². The molecule has 0 bridgehead atoms. The highest BCUT2D eigenvalue weighted by Crippen LogP contribution is 2.24. The van der Waals surface area contributed by atoms with Gasteiger partial charge in [-0.05, 0) is 59.3 Å². The molecule has 2 amide bonds. The van der Waals surface area contributed by atoms with Crippen LogP contribution in [0, 0.1) is 0 Å². The Hall–Kier alpha value is -1.95. The first-order valence-corrected chi connectivity index (χ1v) is 6.98. The van der Waals surface area contributed by atoms with Gasteiger partial charge in [0, 0.05) is 18.4 Å². The third-order valence-electron chi connectivity index (χ3n) is 2.77. The number of rotatable bonds is 4. The minimum atomic E-state index is -0.237. The van der Waals surface area contributed by atoms with Crippen molar-refractivity contribution < 1.29 is 9.21 Å². The summed E-state index contributed by atoms with van der Waals surface area (Å²) in [4.78, 5) is 11.2. The molecule has 0 aliphatic rings. The Kier molecular flexibility index (Phi) is 4.68. The van der Waals surface area contributed by atoms with E-state index in [1.54, 1.807) is 7.05 Å². The first-order chi connectivity index (χ1) is 9.58. The quantitative estimate of drug-likeness (QED) is 0.790. The van der Waals surface area contributed by atoms with Gasteiger partial charge in [-0.1, -0.05) is 0 Å². The van der Waals surface area contributed by atoms with E-state index in [1.165, 1.54) is 0 Å². The van der Waals surface area contributed by atoms with E-state index in [0.29, 0.717) is 4.67 Å². The molecule has 1 aromatic heterocycles. The molecule has 5 nitrogen and oxygen atoms in total. The van der Waals surface area contributed by atoms with Crippen molar-refractivity contribution in [3.63, 3.8) is 0 Å². The lowest BCUT2D eigenvalue weighted by Gasteiger charge is -2.13. The van der Waals surface area contributed by atoms with E-state index < -0.39 is 0 Å². The minimum absolute atomic E-state index is 0.0547. The molecule has 3 N–H and O–H groups in total. The summed E-state index contributed by atoms with van der Waals surface area (Å²) in [6, 6.07) is 11.1. The van der Waals surface area contributed by atoms with Crippen LogP contribution in [0.5, 0.6) is 0 Å². The summed E-state index contributed by atoms with van der Waals surface area (Å²) in [7, 11) is 1.58. The highest BCUT2D eigenvalue weighted by atomic mass is 79.9. The monoisotopic (exact) mass is 337 g/mol. The van der Waals surface area contributed by atoms with Crippen molar-refractivity contribution in [2.75, 3.05) is 17.7 Å². The first kappa shape index (κ1) is 14.5. The zero-order valence-corrected chi connectivity index (χ0v) is 12.8. The Balaban J connectivity index is 1.98. The van der Waals surface area contributed by atoms with E-state index in [1.807, 2.05) is 43.3 Å². The molecule has 0 fully saturated rings. The van der Waals surface area contributed by atoms with Gasteiger partial charge < -0.3 is 20.4 Å². The molecule has 6 heteroatoms. The third kappa shape index (κ3) is 3.77. The molecule has 0 saturated carbocycles. The Morgan fingerprint density at radius 2 is 1.80 bits per heavy atom. The lowest BCUT2D eigenvalue weighted by atomic mass is 10.2. The van der Waals surface area contributed by atoms with E-state index in [2.05, 4.69) is 31.9 Å². The van der Waals surface area contributed by atoms with Crippen LogP contribution in [0.25, 0.3) is 0 Å². The van der Waals surface area contributed by atoms with Crippen LogP contribution < -0.4 is 16.0 Å². The maximum atomic E-state index is 11.2. The fraction of sp³-hybridized carbons (Fsp3) is 0.214. The van der Waals surface area contributed by atoms with Gasteiger partial charge in [0.25, 0.3) is 0 Å². The van der Waals surface area contributed by atoms with Crippen molar-refractivity contribution in [2.45, 2.75) is 13.0 Å². The summed E-state index contributed by atoms with van der Waals surface area (Å²) >= 11 is 3.28. The zero-order chi connectivity index (χ0) is 14.5. The Morgan fingerprint density at radius 3 is 2.35 bits per heavy atom. The lowest BCUT2D eigenvalue weighted by molar-refractivity contribution is 0.254. The van der Waals surface area contributed by atoms with E-state index in [0.717, 1.165) is 17.1 Å². The second-order valence-corrected chi connectivity index (χ2v) is 5.07. The van der Waals surface area contributed by atoms with Gasteiger partial charge in [0.2, 0.25) is 0 Å². The highest BCUT2D eigenvalue weighted by Gasteiger charge is 2.09. The van der Waals surface area contributed by atoms with E-state index in [9.17, 15) is 4.79 Å². The molecule has 1 atom stereocenters. The number of benzene rings is 1. The molecule has 0 spiro atoms. The molecular weight excluding hydrogens is 322 g/mol. The molecule has 0 saturated heterocycles. The van der Waals surface area contributed by atoms with Gasteiger partial charge in [-0.2, -0.15) is 0 Å². The maximum Gasteiger partial charge on any atom is 0.318 e. The summed E-state index contributed by atoms with van der Waals surface area (Å²) in [6.45, 7) is 2.02. The van der Waals surface area contributed by atoms with Crippen LogP contribution in [0.15, 0.2) is 45.5 Å². The van der Waals surface area contributed by atoms with Crippen LogP contribution in [0.2, 0.25) is 0 Å². The number of anilines is 2. The van der Waals surface area contributed by atoms with Gasteiger partial charge in [-0.25, -0.2) is 4.79 Å². The van der Waals surface area contributed by atoms with Crippen LogP contribution in [0.4, 0.5) is 16.2 Å². The lowest BCUT2D eigenvalue weighted by Crippen LogP contribution is -2.24. The summed E-state index contributed by atoms with van der Waals surface area (Å²) < 4.78 is 6.21. The SMILES string of the molecule is CNC(=O)Nc1ccc(NC(C)c2ccc(Br)o2)cc1. The van der Waals surface area contributed by atoms with Crippen LogP contribution in [0.1, 0.15) is 18.7 Å². The van der Waals surface area contributed by atoms with Gasteiger partial charge in [0.15, 0.2) is 4.67 Å². The molecule has 20 heavy (non-hydrogen) atoms. The standard InChI is InChI=1S/C14H16BrN3O2/c1-9(12-7-8-13(15)20-12)17-10-3-5-11(6-4-10)18-14(19)16-2/h3-9,17H,1-2H3,(H2,16,18,19). The molecule has 1 aromatic carbocycles. The predicted octanol–water partition coefficient (Wildman–Crippen LogP) is 3.97. The van der Waals surface area contributed by atoms with Crippen molar-refractivity contribution in [1.82, 2.24) is 5.32 Å². The number of furan rings is 1. The topological polar surface area (TPSA) is 66.3 Å². The number of amides is 2. The summed E-state index contributed by atoms with van der Waals surface area (Å²) in [5, 5.41) is 8.53. The van der Waals surface area contributed by atoms with Crippen molar-refractivity contribution in [2.24, 2.45) is 0 Å². The molecule has 106 valence electrons. The fourth-order valence-corrected chi connectivity index (χ4v) is 2.04. The van der Waals surface area contributed by atoms with Gasteiger partial charge in [-0.15, -0.1) is 0 Å². The normalized spacial score (nSPS) is 11.8. The molecule has 0 radical (unpaired) electrons. The van der Waals surface area contributed by atoms with Crippen LogP contribution in [-0.4, -0.2) is 13.1 Å². The van der Waals surface area contributed by atoms with Crippen LogP contribution in [-0.2, 0) is 0 Å². The maximum absolute atomic E-state index is 11.2. The Morgan fingerprint density at radius 1 is 1.15 bits per heavy atom. The largest absolute Gasteiger partial charge is 0.452 e. The second kappa shape index (κ2) is 6.47. The average molecular weight is 338 g/mol. The van der Waals surface area contributed by atoms with Crippen LogP contribution in [0.3, 0.4) is 0 Å². The molecular formula is C14H16BrN3O2. The van der Waals surface area contributed by atoms with Crippen molar-refractivity contribution >= 4 is 33.3 Å². The average Bonchev–Trinajstić information content (AvgIpc) is 2.87. The molecule has 1 heterocycles.